The molecule has 1 N–H and O–H groups in total. The van der Waals surface area contributed by atoms with Gasteiger partial charge in [-0.15, -0.1) is 0 Å². The first-order chi connectivity index (χ1) is 13.5. The maximum atomic E-state index is 13.2. The van der Waals surface area contributed by atoms with Crippen molar-refractivity contribution in [3.05, 3.63) is 53.6 Å². The van der Waals surface area contributed by atoms with Crippen molar-refractivity contribution >= 4 is 32.8 Å². The molecule has 1 fully saturated rings. The van der Waals surface area contributed by atoms with Crippen molar-refractivity contribution in [2.75, 3.05) is 32.8 Å². The highest BCUT2D eigenvalue weighted by atomic mass is 32.2. The molecule has 28 heavy (non-hydrogen) atoms. The van der Waals surface area contributed by atoms with Gasteiger partial charge < -0.3 is 4.74 Å². The lowest BCUT2D eigenvalue weighted by atomic mass is 10.1. The van der Waals surface area contributed by atoms with Crippen LogP contribution in [0.2, 0.25) is 0 Å². The van der Waals surface area contributed by atoms with Crippen LogP contribution in [0.25, 0.3) is 11.0 Å². The largest absolute Gasteiger partial charge is 0.379 e. The number of hydrogen-bond donors (Lipinski definition) is 1. The monoisotopic (exact) mass is 418 g/mol. The Balaban J connectivity index is 1.65. The number of morpholine rings is 1. The molecule has 2 aromatic carbocycles. The first kappa shape index (κ1) is 19.4. The summed E-state index contributed by atoms with van der Waals surface area (Å²) in [5.41, 5.74) is 3.07. The van der Waals surface area contributed by atoms with E-state index < -0.39 is 10.0 Å². The van der Waals surface area contributed by atoms with Crippen LogP contribution in [-0.2, 0) is 14.8 Å². The summed E-state index contributed by atoms with van der Waals surface area (Å²) < 4.78 is 43.1. The fourth-order valence-corrected chi connectivity index (χ4v) is 5.28. The van der Waals surface area contributed by atoms with Gasteiger partial charge >= 0.3 is 0 Å². The van der Waals surface area contributed by atoms with E-state index >= 15 is 0 Å². The predicted octanol–water partition coefficient (Wildman–Crippen LogP) is 2.35. The van der Waals surface area contributed by atoms with Crippen LogP contribution < -0.4 is 4.72 Å². The summed E-state index contributed by atoms with van der Waals surface area (Å²) in [7, 11) is -3.77. The van der Waals surface area contributed by atoms with Crippen LogP contribution in [0.1, 0.15) is 17.2 Å². The molecule has 148 valence electrons. The number of nitrogens with one attached hydrogen (secondary N) is 1. The Morgan fingerprint density at radius 1 is 1.14 bits per heavy atom. The van der Waals surface area contributed by atoms with E-state index in [2.05, 4.69) is 18.4 Å². The number of aromatic nitrogens is 2. The van der Waals surface area contributed by atoms with Crippen molar-refractivity contribution < 1.29 is 13.2 Å². The molecule has 0 amide bonds. The Morgan fingerprint density at radius 3 is 2.64 bits per heavy atom. The second kappa shape index (κ2) is 8.22. The Hall–Kier alpha value is -1.91. The predicted molar refractivity (Wildman–Crippen MR) is 109 cm³/mol. The number of aryl methyl sites for hydroxylation is 1. The summed E-state index contributed by atoms with van der Waals surface area (Å²) in [6, 6.07) is 12.6. The third kappa shape index (κ3) is 4.23. The molecule has 1 atom stereocenters. The second-order valence-electron chi connectivity index (χ2n) is 6.89. The molecule has 0 spiro atoms. The normalized spacial score (nSPS) is 17.0. The molecule has 0 saturated carbocycles. The van der Waals surface area contributed by atoms with Crippen LogP contribution in [0.4, 0.5) is 0 Å². The van der Waals surface area contributed by atoms with E-state index in [1.165, 1.54) is 0 Å². The van der Waals surface area contributed by atoms with Crippen LogP contribution in [0.5, 0.6) is 0 Å². The summed E-state index contributed by atoms with van der Waals surface area (Å²) >= 11 is 1.01. The van der Waals surface area contributed by atoms with Crippen molar-refractivity contribution in [2.45, 2.75) is 17.9 Å². The van der Waals surface area contributed by atoms with E-state index in [0.29, 0.717) is 30.8 Å². The van der Waals surface area contributed by atoms with Gasteiger partial charge in [-0.05, 0) is 24.6 Å². The maximum Gasteiger partial charge on any atom is 0.243 e. The zero-order chi connectivity index (χ0) is 19.6. The van der Waals surface area contributed by atoms with E-state index in [-0.39, 0.29) is 10.9 Å². The van der Waals surface area contributed by atoms with Gasteiger partial charge in [-0.3, -0.25) is 4.90 Å². The van der Waals surface area contributed by atoms with Gasteiger partial charge in [0, 0.05) is 19.6 Å². The van der Waals surface area contributed by atoms with E-state index in [1.54, 1.807) is 18.2 Å². The third-order valence-corrected chi connectivity index (χ3v) is 6.91. The topological polar surface area (TPSA) is 84.4 Å². The molecule has 7 nitrogen and oxygen atoms in total. The quantitative estimate of drug-likeness (QED) is 0.662. The SMILES string of the molecule is Cc1ccc([C@H](CN2CCOCC2)NS(=O)(=O)c2cccc3nsnc23)cc1. The Bertz CT molecular complexity index is 1040. The number of sulfonamides is 1. The van der Waals surface area contributed by atoms with Gasteiger partial charge in [0.15, 0.2) is 0 Å². The number of rotatable bonds is 6. The minimum Gasteiger partial charge on any atom is -0.379 e. The highest BCUT2D eigenvalue weighted by Gasteiger charge is 2.26. The van der Waals surface area contributed by atoms with Crippen LogP contribution in [-0.4, -0.2) is 54.9 Å². The van der Waals surface area contributed by atoms with Crippen molar-refractivity contribution in [3.63, 3.8) is 0 Å². The molecule has 1 aliphatic rings. The Labute approximate surface area is 168 Å². The number of fused-ring (bicyclic) bond motifs is 1. The van der Waals surface area contributed by atoms with Gasteiger partial charge in [-0.2, -0.15) is 8.75 Å². The van der Waals surface area contributed by atoms with Crippen LogP contribution in [0, 0.1) is 6.92 Å². The van der Waals surface area contributed by atoms with Gasteiger partial charge in [0.1, 0.15) is 15.9 Å². The average molecular weight is 419 g/mol. The molecule has 9 heteroatoms. The van der Waals surface area contributed by atoms with Gasteiger partial charge in [0.05, 0.1) is 31.0 Å². The molecule has 3 aromatic rings. The minimum absolute atomic E-state index is 0.165. The smallest absolute Gasteiger partial charge is 0.243 e. The molecular weight excluding hydrogens is 396 g/mol. The highest BCUT2D eigenvalue weighted by Crippen LogP contribution is 2.24. The highest BCUT2D eigenvalue weighted by molar-refractivity contribution is 7.89. The van der Waals surface area contributed by atoms with Crippen molar-refractivity contribution in [2.24, 2.45) is 0 Å². The lowest BCUT2D eigenvalue weighted by Gasteiger charge is -2.31. The second-order valence-corrected chi connectivity index (χ2v) is 9.10. The molecule has 1 saturated heterocycles. The average Bonchev–Trinajstić information content (AvgIpc) is 3.17. The number of nitrogens with zero attached hydrogens (tertiary/aromatic N) is 3. The number of hydrogen-bond acceptors (Lipinski definition) is 7. The summed E-state index contributed by atoms with van der Waals surface area (Å²) in [6.07, 6.45) is 0. The van der Waals surface area contributed by atoms with Gasteiger partial charge in [0.25, 0.3) is 0 Å². The molecule has 1 aromatic heterocycles. The summed E-state index contributed by atoms with van der Waals surface area (Å²) in [6.45, 7) is 5.50. The summed E-state index contributed by atoms with van der Waals surface area (Å²) in [5, 5.41) is 0. The summed E-state index contributed by atoms with van der Waals surface area (Å²) in [4.78, 5) is 2.39. The van der Waals surface area contributed by atoms with Gasteiger partial charge in [-0.25, -0.2) is 13.1 Å². The van der Waals surface area contributed by atoms with Crippen LogP contribution in [0.15, 0.2) is 47.4 Å². The molecule has 0 unspecified atom stereocenters. The van der Waals surface area contributed by atoms with Crippen molar-refractivity contribution in [3.8, 4) is 0 Å². The first-order valence-electron chi connectivity index (χ1n) is 9.13. The molecule has 4 rings (SSSR count). The van der Waals surface area contributed by atoms with E-state index in [0.717, 1.165) is 35.9 Å². The first-order valence-corrected chi connectivity index (χ1v) is 11.3. The minimum atomic E-state index is -3.77. The molecule has 0 bridgehead atoms. The molecule has 0 aliphatic carbocycles. The Kier molecular flexibility index (Phi) is 5.70. The zero-order valence-corrected chi connectivity index (χ0v) is 17.2. The maximum absolute atomic E-state index is 13.2. The lowest BCUT2D eigenvalue weighted by Crippen LogP contribution is -2.43. The van der Waals surface area contributed by atoms with Gasteiger partial charge in [0.2, 0.25) is 10.0 Å². The van der Waals surface area contributed by atoms with Crippen molar-refractivity contribution in [1.82, 2.24) is 18.4 Å². The number of benzene rings is 2. The van der Waals surface area contributed by atoms with E-state index in [1.807, 2.05) is 31.2 Å². The molecule has 0 radical (unpaired) electrons. The molecular formula is C19H22N4O3S2. The lowest BCUT2D eigenvalue weighted by molar-refractivity contribution is 0.0345. The fraction of sp³-hybridized carbons (Fsp3) is 0.368. The van der Waals surface area contributed by atoms with Gasteiger partial charge in [-0.1, -0.05) is 35.9 Å². The zero-order valence-electron chi connectivity index (χ0n) is 15.5. The Morgan fingerprint density at radius 2 is 1.89 bits per heavy atom. The van der Waals surface area contributed by atoms with Crippen LogP contribution >= 0.6 is 11.7 Å². The number of ether oxygens (including phenoxy) is 1. The van der Waals surface area contributed by atoms with E-state index in [4.69, 9.17) is 4.74 Å². The fourth-order valence-electron chi connectivity index (χ4n) is 3.30. The molecule has 2 heterocycles. The standard InChI is InChI=1S/C19H22N4O3S2/c1-14-5-7-15(8-6-14)17(13-23-9-11-26-12-10-23)22-28(24,25)18-4-2-3-16-19(18)21-27-20-16/h2-8,17,22H,9-13H2,1H3/t17-/m0/s1. The van der Waals surface area contributed by atoms with Crippen LogP contribution in [0.3, 0.4) is 0 Å². The summed E-state index contributed by atoms with van der Waals surface area (Å²) in [5.74, 6) is 0. The van der Waals surface area contributed by atoms with E-state index in [9.17, 15) is 8.42 Å². The third-order valence-electron chi connectivity index (χ3n) is 4.86. The van der Waals surface area contributed by atoms with Crippen molar-refractivity contribution in [1.29, 1.82) is 0 Å². The molecule has 1 aliphatic heterocycles.